The van der Waals surface area contributed by atoms with Gasteiger partial charge in [0, 0.05) is 4.47 Å². The summed E-state index contributed by atoms with van der Waals surface area (Å²) in [6.45, 7) is 1.61. The Bertz CT molecular complexity index is 486. The Morgan fingerprint density at radius 1 is 1.44 bits per heavy atom. The van der Waals surface area contributed by atoms with Crippen molar-refractivity contribution in [1.29, 1.82) is 0 Å². The van der Waals surface area contributed by atoms with Gasteiger partial charge in [0.2, 0.25) is 0 Å². The van der Waals surface area contributed by atoms with Crippen LogP contribution in [-0.2, 0) is 19.7 Å². The third-order valence-corrected chi connectivity index (χ3v) is 3.34. The Labute approximate surface area is 99.7 Å². The van der Waals surface area contributed by atoms with Crippen LogP contribution in [0.2, 0.25) is 0 Å². The molecule has 0 amide bonds. The molecule has 1 aromatic rings. The third kappa shape index (κ3) is 1.65. The van der Waals surface area contributed by atoms with Crippen molar-refractivity contribution in [2.45, 2.75) is 18.8 Å². The highest BCUT2D eigenvalue weighted by atomic mass is 79.9. The number of cyclic esters (lactones) is 2. The van der Waals surface area contributed by atoms with E-state index >= 15 is 0 Å². The molecule has 84 valence electrons. The van der Waals surface area contributed by atoms with Crippen molar-refractivity contribution in [3.05, 3.63) is 34.1 Å². The number of esters is 2. The lowest BCUT2D eigenvalue weighted by molar-refractivity contribution is -0.153. The summed E-state index contributed by atoms with van der Waals surface area (Å²) in [4.78, 5) is 22.7. The number of ether oxygens (including phenoxy) is 1. The van der Waals surface area contributed by atoms with Crippen molar-refractivity contribution in [3.63, 3.8) is 0 Å². The van der Waals surface area contributed by atoms with Crippen LogP contribution >= 0.6 is 15.9 Å². The van der Waals surface area contributed by atoms with Crippen molar-refractivity contribution < 1.29 is 18.7 Å². The lowest BCUT2D eigenvalue weighted by Crippen LogP contribution is -2.28. The Morgan fingerprint density at radius 2 is 2.12 bits per heavy atom. The normalized spacial score (nSPS) is 24.7. The van der Waals surface area contributed by atoms with Gasteiger partial charge in [-0.05, 0) is 24.6 Å². The van der Waals surface area contributed by atoms with E-state index in [1.165, 1.54) is 18.2 Å². The zero-order chi connectivity index (χ0) is 11.9. The molecule has 16 heavy (non-hydrogen) atoms. The Balaban J connectivity index is 2.51. The van der Waals surface area contributed by atoms with Crippen LogP contribution < -0.4 is 0 Å². The van der Waals surface area contributed by atoms with Gasteiger partial charge in [0.25, 0.3) is 0 Å². The molecule has 2 rings (SSSR count). The van der Waals surface area contributed by atoms with Crippen molar-refractivity contribution in [1.82, 2.24) is 0 Å². The maximum atomic E-state index is 12.9. The molecule has 0 aliphatic carbocycles. The second kappa shape index (κ2) is 3.66. The molecule has 0 aromatic heterocycles. The third-order valence-electron chi connectivity index (χ3n) is 2.68. The number of carbonyl (C=O) groups excluding carboxylic acids is 2. The van der Waals surface area contributed by atoms with Gasteiger partial charge in [-0.1, -0.05) is 22.0 Å². The van der Waals surface area contributed by atoms with Crippen LogP contribution in [0.3, 0.4) is 0 Å². The predicted molar refractivity (Wildman–Crippen MR) is 57.2 cm³/mol. The van der Waals surface area contributed by atoms with E-state index in [4.69, 9.17) is 0 Å². The minimum Gasteiger partial charge on any atom is -0.392 e. The van der Waals surface area contributed by atoms with E-state index < -0.39 is 23.2 Å². The summed E-state index contributed by atoms with van der Waals surface area (Å²) in [7, 11) is 0. The van der Waals surface area contributed by atoms with Crippen LogP contribution in [0.4, 0.5) is 4.39 Å². The van der Waals surface area contributed by atoms with Crippen LogP contribution in [0.25, 0.3) is 0 Å². The maximum absolute atomic E-state index is 12.9. The quantitative estimate of drug-likeness (QED) is 0.588. The summed E-state index contributed by atoms with van der Waals surface area (Å²) in [5.41, 5.74) is -0.464. The largest absolute Gasteiger partial charge is 0.392 e. The fraction of sp³-hybridized carbons (Fsp3) is 0.273. The molecule has 5 heteroatoms. The average molecular weight is 287 g/mol. The van der Waals surface area contributed by atoms with Gasteiger partial charge in [-0.2, -0.15) is 0 Å². The minimum absolute atomic E-state index is 0.0178. The van der Waals surface area contributed by atoms with Gasteiger partial charge >= 0.3 is 11.9 Å². The summed E-state index contributed by atoms with van der Waals surface area (Å²) < 4.78 is 17.9. The second-order valence-electron chi connectivity index (χ2n) is 3.89. The molecule has 1 heterocycles. The van der Waals surface area contributed by atoms with Gasteiger partial charge < -0.3 is 4.74 Å². The summed E-state index contributed by atoms with van der Waals surface area (Å²) in [6.07, 6.45) is -0.0178. The van der Waals surface area contributed by atoms with Crippen molar-refractivity contribution in [2.75, 3.05) is 0 Å². The van der Waals surface area contributed by atoms with E-state index in [1.54, 1.807) is 6.92 Å². The van der Waals surface area contributed by atoms with Crippen molar-refractivity contribution in [2.24, 2.45) is 0 Å². The van der Waals surface area contributed by atoms with Gasteiger partial charge in [0.15, 0.2) is 0 Å². The molecule has 1 saturated heterocycles. The molecule has 0 radical (unpaired) electrons. The topological polar surface area (TPSA) is 43.4 Å². The molecule has 1 fully saturated rings. The van der Waals surface area contributed by atoms with Crippen LogP contribution in [0, 0.1) is 5.82 Å². The highest BCUT2D eigenvalue weighted by Crippen LogP contribution is 2.38. The summed E-state index contributed by atoms with van der Waals surface area (Å²) in [5.74, 6) is -1.55. The zero-order valence-corrected chi connectivity index (χ0v) is 10.0. The molecule has 1 aliphatic rings. The molecule has 1 unspecified atom stereocenters. The average Bonchev–Trinajstić information content (AvgIpc) is 2.40. The van der Waals surface area contributed by atoms with E-state index in [9.17, 15) is 14.0 Å². The number of carbonyl (C=O) groups is 2. The minimum atomic E-state index is -1.02. The molecular formula is C11H8BrFO3. The number of hydrogen-bond donors (Lipinski definition) is 0. The lowest BCUT2D eigenvalue weighted by atomic mass is 9.81. The predicted octanol–water partition coefficient (Wildman–Crippen LogP) is 2.32. The second-order valence-corrected chi connectivity index (χ2v) is 4.75. The van der Waals surface area contributed by atoms with Crippen molar-refractivity contribution in [3.8, 4) is 0 Å². The monoisotopic (exact) mass is 286 g/mol. The van der Waals surface area contributed by atoms with Gasteiger partial charge in [-0.25, -0.2) is 4.39 Å². The fourth-order valence-electron chi connectivity index (χ4n) is 1.76. The first-order valence-corrected chi connectivity index (χ1v) is 5.43. The molecule has 0 saturated carbocycles. The van der Waals surface area contributed by atoms with Crippen LogP contribution in [0.1, 0.15) is 18.9 Å². The van der Waals surface area contributed by atoms with E-state index in [0.29, 0.717) is 10.0 Å². The van der Waals surface area contributed by atoms with Crippen LogP contribution in [-0.4, -0.2) is 11.9 Å². The van der Waals surface area contributed by atoms with Gasteiger partial charge in [-0.3, -0.25) is 9.59 Å². The summed E-state index contributed by atoms with van der Waals surface area (Å²) >= 11 is 3.18. The number of hydrogen-bond acceptors (Lipinski definition) is 3. The number of halogens is 2. The smallest absolute Gasteiger partial charge is 0.324 e. The van der Waals surface area contributed by atoms with E-state index in [0.717, 1.165) is 0 Å². The molecular weight excluding hydrogens is 279 g/mol. The van der Waals surface area contributed by atoms with Gasteiger partial charge in [0.05, 0.1) is 6.42 Å². The summed E-state index contributed by atoms with van der Waals surface area (Å²) in [6, 6.07) is 4.00. The maximum Gasteiger partial charge on any atom is 0.324 e. The van der Waals surface area contributed by atoms with E-state index in [2.05, 4.69) is 20.7 Å². The molecule has 1 aromatic carbocycles. The molecule has 3 nitrogen and oxygen atoms in total. The van der Waals surface area contributed by atoms with Gasteiger partial charge in [0.1, 0.15) is 11.2 Å². The first kappa shape index (κ1) is 11.3. The highest BCUT2D eigenvalue weighted by Gasteiger charge is 2.47. The first-order valence-electron chi connectivity index (χ1n) is 4.64. The lowest BCUT2D eigenvalue weighted by Gasteiger charge is -2.19. The highest BCUT2D eigenvalue weighted by molar-refractivity contribution is 9.10. The number of benzene rings is 1. The standard InChI is InChI=1S/C11H8BrFO3/c1-11(5-9(14)16-10(11)15)7-3-2-6(13)4-8(7)12/h2-4H,5H2,1H3. The zero-order valence-electron chi connectivity index (χ0n) is 8.42. The van der Waals surface area contributed by atoms with E-state index in [-0.39, 0.29) is 6.42 Å². The molecule has 0 N–H and O–H groups in total. The first-order chi connectivity index (χ1) is 7.43. The summed E-state index contributed by atoms with van der Waals surface area (Å²) in [5, 5.41) is 0. The van der Waals surface area contributed by atoms with Crippen LogP contribution in [0.5, 0.6) is 0 Å². The molecule has 1 atom stereocenters. The Hall–Kier alpha value is -1.23. The fourth-order valence-corrected chi connectivity index (χ4v) is 2.54. The van der Waals surface area contributed by atoms with E-state index in [1.807, 2.05) is 0 Å². The SMILES string of the molecule is CC1(c2ccc(F)cc2Br)CC(=O)OC1=O. The molecule has 0 bridgehead atoms. The Kier molecular flexibility index (Phi) is 2.58. The van der Waals surface area contributed by atoms with Gasteiger partial charge in [-0.15, -0.1) is 0 Å². The Morgan fingerprint density at radius 3 is 2.62 bits per heavy atom. The molecule has 0 spiro atoms. The van der Waals surface area contributed by atoms with Crippen LogP contribution in [0.15, 0.2) is 22.7 Å². The molecule has 1 aliphatic heterocycles. The van der Waals surface area contributed by atoms with Crippen molar-refractivity contribution >= 4 is 27.9 Å². The number of rotatable bonds is 1.